The summed E-state index contributed by atoms with van der Waals surface area (Å²) in [6.07, 6.45) is 5.34. The van der Waals surface area contributed by atoms with Gasteiger partial charge in [-0.2, -0.15) is 0 Å². The monoisotopic (exact) mass is 374 g/mol. The molecule has 0 spiro atoms. The fourth-order valence-electron chi connectivity index (χ4n) is 3.81. The number of benzene rings is 3. The molecule has 0 N–H and O–H groups in total. The Bertz CT molecular complexity index is 1240. The number of nitrogens with zero attached hydrogens (tertiary/aromatic N) is 1. The Hall–Kier alpha value is -3.07. The molecule has 3 nitrogen and oxygen atoms in total. The lowest BCUT2D eigenvalue weighted by Crippen LogP contribution is -2.02. The van der Waals surface area contributed by atoms with Gasteiger partial charge in [0.25, 0.3) is 0 Å². The van der Waals surface area contributed by atoms with Gasteiger partial charge >= 0.3 is 0 Å². The molecule has 0 aliphatic rings. The molecule has 0 aliphatic carbocycles. The third kappa shape index (κ3) is 3.29. The third-order valence-electron chi connectivity index (χ3n) is 5.25. The number of methoxy groups -OCH3 is 1. The SMILES string of the molecule is [2H]C([2H])([2H])Oc1ccc2c(C(=O)c3cn(CCCCC)c4ccccc34)cccc2c1. The summed E-state index contributed by atoms with van der Waals surface area (Å²) in [4.78, 5) is 13.6. The van der Waals surface area contributed by atoms with Crippen LogP contribution < -0.4 is 4.74 Å². The number of fused-ring (bicyclic) bond motifs is 2. The summed E-state index contributed by atoms with van der Waals surface area (Å²) in [5.74, 6) is 0.213. The molecular weight excluding hydrogens is 346 g/mol. The molecule has 28 heavy (non-hydrogen) atoms. The lowest BCUT2D eigenvalue weighted by molar-refractivity contribution is 0.104. The van der Waals surface area contributed by atoms with Crippen LogP contribution in [-0.2, 0) is 6.54 Å². The molecule has 0 fully saturated rings. The van der Waals surface area contributed by atoms with Crippen molar-refractivity contribution in [3.05, 3.63) is 78.0 Å². The lowest BCUT2D eigenvalue weighted by Gasteiger charge is -2.07. The Morgan fingerprint density at radius 1 is 1.00 bits per heavy atom. The first-order valence-corrected chi connectivity index (χ1v) is 9.72. The summed E-state index contributed by atoms with van der Waals surface area (Å²) in [6.45, 7) is 3.06. The minimum absolute atomic E-state index is 0.0412. The van der Waals surface area contributed by atoms with E-state index in [1.807, 2.05) is 42.6 Å². The molecule has 0 saturated heterocycles. The first kappa shape index (κ1) is 14.9. The molecule has 0 aliphatic heterocycles. The predicted octanol–water partition coefficient (Wildman–Crippen LogP) is 6.22. The van der Waals surface area contributed by atoms with Crippen molar-refractivity contribution in [1.82, 2.24) is 4.57 Å². The van der Waals surface area contributed by atoms with E-state index < -0.39 is 7.04 Å². The molecule has 0 radical (unpaired) electrons. The Labute approximate surface area is 169 Å². The Morgan fingerprint density at radius 3 is 2.75 bits per heavy atom. The second kappa shape index (κ2) is 7.89. The normalized spacial score (nSPS) is 13.2. The molecule has 1 aromatic heterocycles. The minimum Gasteiger partial charge on any atom is -0.497 e. The number of aryl methyl sites for hydroxylation is 1. The highest BCUT2D eigenvalue weighted by molar-refractivity contribution is 6.21. The van der Waals surface area contributed by atoms with Gasteiger partial charge in [-0.25, -0.2) is 0 Å². The van der Waals surface area contributed by atoms with E-state index in [1.54, 1.807) is 18.2 Å². The second-order valence-corrected chi connectivity index (χ2v) is 7.08. The van der Waals surface area contributed by atoms with Gasteiger partial charge in [0, 0.05) is 34.8 Å². The molecule has 4 rings (SSSR count). The molecule has 3 heteroatoms. The van der Waals surface area contributed by atoms with Gasteiger partial charge in [-0.3, -0.25) is 4.79 Å². The van der Waals surface area contributed by atoms with Gasteiger partial charge < -0.3 is 9.30 Å². The van der Waals surface area contributed by atoms with Crippen molar-refractivity contribution in [2.75, 3.05) is 7.04 Å². The van der Waals surface area contributed by atoms with E-state index in [4.69, 9.17) is 8.85 Å². The zero-order valence-corrected chi connectivity index (χ0v) is 15.9. The Balaban J connectivity index is 1.75. The number of carbonyl (C=O) groups excluding carboxylic acids is 1. The molecular formula is C25H25NO2. The fraction of sp³-hybridized carbons (Fsp3) is 0.240. The van der Waals surface area contributed by atoms with E-state index in [1.165, 1.54) is 0 Å². The molecule has 142 valence electrons. The number of unbranched alkanes of at least 4 members (excludes halogenated alkanes) is 2. The van der Waals surface area contributed by atoms with Crippen LogP contribution >= 0.6 is 0 Å². The van der Waals surface area contributed by atoms with Crippen molar-refractivity contribution in [1.29, 1.82) is 0 Å². The summed E-state index contributed by atoms with van der Waals surface area (Å²) in [7, 11) is -2.51. The van der Waals surface area contributed by atoms with Crippen LogP contribution in [0.3, 0.4) is 0 Å². The van der Waals surface area contributed by atoms with Gasteiger partial charge in [0.2, 0.25) is 0 Å². The number of ketones is 1. The minimum atomic E-state index is -2.51. The summed E-state index contributed by atoms with van der Waals surface area (Å²) < 4.78 is 29.1. The average molecular weight is 374 g/mol. The number of para-hydroxylation sites is 1. The number of aromatic nitrogens is 1. The second-order valence-electron chi connectivity index (χ2n) is 7.08. The highest BCUT2D eigenvalue weighted by atomic mass is 16.5. The molecule has 0 saturated carbocycles. The van der Waals surface area contributed by atoms with Gasteiger partial charge in [0.15, 0.2) is 5.78 Å². The first-order chi connectivity index (χ1) is 14.9. The predicted molar refractivity (Wildman–Crippen MR) is 115 cm³/mol. The van der Waals surface area contributed by atoms with Crippen molar-refractivity contribution in [2.45, 2.75) is 32.7 Å². The van der Waals surface area contributed by atoms with E-state index in [0.29, 0.717) is 11.1 Å². The first-order valence-electron chi connectivity index (χ1n) is 11.2. The number of hydrogen-bond donors (Lipinski definition) is 0. The van der Waals surface area contributed by atoms with E-state index >= 15 is 0 Å². The van der Waals surface area contributed by atoms with E-state index in [0.717, 1.165) is 47.5 Å². The number of rotatable bonds is 7. The van der Waals surface area contributed by atoms with Gasteiger partial charge in [-0.05, 0) is 41.5 Å². The summed E-state index contributed by atoms with van der Waals surface area (Å²) in [6, 6.07) is 18.5. The summed E-state index contributed by atoms with van der Waals surface area (Å²) >= 11 is 0. The molecule has 0 bridgehead atoms. The number of ether oxygens (including phenoxy) is 1. The Morgan fingerprint density at radius 2 is 1.89 bits per heavy atom. The standard InChI is InChI=1S/C25H25NO2/c1-3-4-7-15-26-17-23(21-10-5-6-12-24(21)26)25(27)22-11-8-9-18-16-19(28-2)13-14-20(18)22/h5-6,8-14,16-17H,3-4,7,15H2,1-2H3/i2D3. The summed E-state index contributed by atoms with van der Waals surface area (Å²) in [5.41, 5.74) is 2.34. The van der Waals surface area contributed by atoms with Crippen LogP contribution in [0.4, 0.5) is 0 Å². The van der Waals surface area contributed by atoms with Gasteiger partial charge in [-0.1, -0.05) is 56.2 Å². The summed E-state index contributed by atoms with van der Waals surface area (Å²) in [5, 5.41) is 2.48. The quantitative estimate of drug-likeness (QED) is 0.284. The zero-order chi connectivity index (χ0) is 22.0. The maximum absolute atomic E-state index is 13.6. The molecule has 1 heterocycles. The van der Waals surface area contributed by atoms with Gasteiger partial charge in [-0.15, -0.1) is 0 Å². The maximum atomic E-state index is 13.6. The van der Waals surface area contributed by atoms with Crippen molar-refractivity contribution in [2.24, 2.45) is 0 Å². The molecule has 4 aromatic rings. The van der Waals surface area contributed by atoms with Crippen molar-refractivity contribution < 1.29 is 13.6 Å². The van der Waals surface area contributed by atoms with Crippen molar-refractivity contribution >= 4 is 27.5 Å². The fourth-order valence-corrected chi connectivity index (χ4v) is 3.81. The Kier molecular flexibility index (Phi) is 4.21. The highest BCUT2D eigenvalue weighted by Gasteiger charge is 2.18. The maximum Gasteiger partial charge on any atom is 0.195 e. The average Bonchev–Trinajstić information content (AvgIpc) is 3.10. The van der Waals surface area contributed by atoms with Gasteiger partial charge in [0.05, 0.1) is 11.2 Å². The van der Waals surface area contributed by atoms with Crippen LogP contribution in [0.2, 0.25) is 0 Å². The van der Waals surface area contributed by atoms with E-state index in [2.05, 4.69) is 17.6 Å². The van der Waals surface area contributed by atoms with Crippen LogP contribution in [0.15, 0.2) is 66.9 Å². The van der Waals surface area contributed by atoms with Crippen LogP contribution in [0.25, 0.3) is 21.7 Å². The number of carbonyl (C=O) groups is 1. The van der Waals surface area contributed by atoms with E-state index in [9.17, 15) is 4.79 Å². The largest absolute Gasteiger partial charge is 0.497 e. The zero-order valence-electron chi connectivity index (χ0n) is 18.9. The molecule has 0 atom stereocenters. The van der Waals surface area contributed by atoms with Crippen molar-refractivity contribution in [3.8, 4) is 5.75 Å². The van der Waals surface area contributed by atoms with Gasteiger partial charge in [0.1, 0.15) is 5.75 Å². The highest BCUT2D eigenvalue weighted by Crippen LogP contribution is 2.29. The number of hydrogen-bond acceptors (Lipinski definition) is 2. The van der Waals surface area contributed by atoms with Crippen LogP contribution in [0.1, 0.15) is 46.2 Å². The van der Waals surface area contributed by atoms with Crippen LogP contribution in [0, 0.1) is 0 Å². The smallest absolute Gasteiger partial charge is 0.195 e. The topological polar surface area (TPSA) is 31.2 Å². The molecule has 0 unspecified atom stereocenters. The molecule has 3 aromatic carbocycles. The van der Waals surface area contributed by atoms with Crippen molar-refractivity contribution in [3.63, 3.8) is 0 Å². The third-order valence-corrected chi connectivity index (χ3v) is 5.25. The van der Waals surface area contributed by atoms with E-state index in [-0.39, 0.29) is 11.5 Å². The lowest BCUT2D eigenvalue weighted by atomic mass is 9.97. The van der Waals surface area contributed by atoms with Crippen LogP contribution in [-0.4, -0.2) is 17.4 Å². The van der Waals surface area contributed by atoms with Crippen LogP contribution in [0.5, 0.6) is 5.75 Å². The molecule has 0 amide bonds.